The van der Waals surface area contributed by atoms with Crippen LogP contribution < -0.4 is 0 Å². The molecule has 2 aliphatic heterocycles. The maximum atomic E-state index is 15.1. The molecule has 9 heteroatoms. The molecule has 5 rings (SSSR count). The normalized spacial score (nSPS) is 23.4. The van der Waals surface area contributed by atoms with E-state index in [-0.39, 0.29) is 22.5 Å². The Bertz CT molecular complexity index is 1190. The van der Waals surface area contributed by atoms with Gasteiger partial charge in [-0.05, 0) is 48.7 Å². The summed E-state index contributed by atoms with van der Waals surface area (Å²) in [5, 5.41) is 17.8. The van der Waals surface area contributed by atoms with E-state index >= 15 is 4.39 Å². The molecule has 0 unspecified atom stereocenters. The van der Waals surface area contributed by atoms with Crippen molar-refractivity contribution >= 4 is 17.5 Å². The molecule has 3 aromatic rings. The molecule has 1 aromatic heterocycles. The van der Waals surface area contributed by atoms with Crippen LogP contribution in [0.3, 0.4) is 0 Å². The Labute approximate surface area is 194 Å². The van der Waals surface area contributed by atoms with Gasteiger partial charge in [0.15, 0.2) is 0 Å². The van der Waals surface area contributed by atoms with E-state index in [0.717, 1.165) is 0 Å². The van der Waals surface area contributed by atoms with E-state index < -0.39 is 17.2 Å². The summed E-state index contributed by atoms with van der Waals surface area (Å²) in [6.07, 6.45) is 2.64. The average Bonchev–Trinajstić information content (AvgIpc) is 3.35. The van der Waals surface area contributed by atoms with Crippen molar-refractivity contribution in [3.8, 4) is 11.3 Å². The van der Waals surface area contributed by atoms with E-state index in [0.29, 0.717) is 55.8 Å². The maximum absolute atomic E-state index is 15.1. The standard InChI is InChI=1S/C24H23ClF2N4O2/c25-19-12-15(4-5-20(19)26)24(33)8-6-16-13-30(10-11-31(16)14-24)23(32)18-3-1-2-17(22(18)27)21-7-9-28-29-21/h1-5,7,9,12,16,33H,6,8,10-11,13-14H2,(H,28,29)/t16-,24-/m1/s1. The van der Waals surface area contributed by atoms with Crippen molar-refractivity contribution in [2.75, 3.05) is 26.2 Å². The summed E-state index contributed by atoms with van der Waals surface area (Å²) < 4.78 is 28.7. The first-order valence-corrected chi connectivity index (χ1v) is 11.2. The van der Waals surface area contributed by atoms with Crippen molar-refractivity contribution < 1.29 is 18.7 Å². The van der Waals surface area contributed by atoms with Crippen molar-refractivity contribution in [1.82, 2.24) is 20.0 Å². The summed E-state index contributed by atoms with van der Waals surface area (Å²) in [6, 6.07) is 10.8. The molecule has 0 saturated carbocycles. The van der Waals surface area contributed by atoms with Gasteiger partial charge in [-0.3, -0.25) is 14.8 Å². The number of aliphatic hydroxyl groups is 1. The zero-order valence-corrected chi connectivity index (χ0v) is 18.5. The van der Waals surface area contributed by atoms with Gasteiger partial charge >= 0.3 is 0 Å². The zero-order chi connectivity index (χ0) is 23.2. The van der Waals surface area contributed by atoms with Crippen LogP contribution in [0.4, 0.5) is 8.78 Å². The van der Waals surface area contributed by atoms with Crippen LogP contribution in [0.25, 0.3) is 11.3 Å². The van der Waals surface area contributed by atoms with E-state index in [4.69, 9.17) is 11.6 Å². The number of H-pyrrole nitrogens is 1. The van der Waals surface area contributed by atoms with Crippen LogP contribution in [0.15, 0.2) is 48.7 Å². The minimum absolute atomic E-state index is 0.0159. The Kier molecular flexibility index (Phi) is 5.68. The molecule has 2 N–H and O–H groups in total. The molecule has 0 aliphatic carbocycles. The number of benzene rings is 2. The van der Waals surface area contributed by atoms with E-state index in [1.807, 2.05) is 0 Å². The molecule has 172 valence electrons. The van der Waals surface area contributed by atoms with Gasteiger partial charge in [0.25, 0.3) is 5.91 Å². The van der Waals surface area contributed by atoms with Gasteiger partial charge in [-0.2, -0.15) is 5.10 Å². The predicted octanol–water partition coefficient (Wildman–Crippen LogP) is 3.82. The van der Waals surface area contributed by atoms with Gasteiger partial charge in [0.2, 0.25) is 0 Å². The SMILES string of the molecule is O=C(c1cccc(-c2ccn[nH]2)c1F)N1CCN2C[C@@](O)(c3ccc(F)c(Cl)c3)CC[C@@H]2C1. The number of nitrogens with one attached hydrogen (secondary N) is 1. The summed E-state index contributed by atoms with van der Waals surface area (Å²) in [5.74, 6) is -1.44. The number of halogens is 3. The van der Waals surface area contributed by atoms with Crippen molar-refractivity contribution in [2.24, 2.45) is 0 Å². The van der Waals surface area contributed by atoms with Crippen molar-refractivity contribution in [3.63, 3.8) is 0 Å². The van der Waals surface area contributed by atoms with Crippen LogP contribution in [0.5, 0.6) is 0 Å². The van der Waals surface area contributed by atoms with Crippen LogP contribution in [0.1, 0.15) is 28.8 Å². The molecule has 1 amide bonds. The number of aromatic nitrogens is 2. The Balaban J connectivity index is 1.31. The molecule has 2 saturated heterocycles. The number of amides is 1. The molecule has 2 atom stereocenters. The van der Waals surface area contributed by atoms with Crippen molar-refractivity contribution in [3.05, 3.63) is 76.4 Å². The fourth-order valence-electron chi connectivity index (χ4n) is 4.88. The first-order chi connectivity index (χ1) is 15.9. The third kappa shape index (κ3) is 4.03. The number of rotatable bonds is 3. The second-order valence-electron chi connectivity index (χ2n) is 8.71. The highest BCUT2D eigenvalue weighted by atomic mass is 35.5. The van der Waals surface area contributed by atoms with Gasteiger partial charge in [-0.1, -0.05) is 23.7 Å². The third-order valence-electron chi connectivity index (χ3n) is 6.72. The summed E-state index contributed by atoms with van der Waals surface area (Å²) in [6.45, 7) is 1.79. The number of aromatic amines is 1. The molecule has 2 aliphatic rings. The fraction of sp³-hybridized carbons (Fsp3) is 0.333. The monoisotopic (exact) mass is 472 g/mol. The molecular formula is C24H23ClF2N4O2. The number of piperidine rings is 1. The highest BCUT2D eigenvalue weighted by Crippen LogP contribution is 2.37. The van der Waals surface area contributed by atoms with Gasteiger partial charge in [-0.15, -0.1) is 0 Å². The molecule has 0 spiro atoms. The van der Waals surface area contributed by atoms with E-state index in [9.17, 15) is 14.3 Å². The van der Waals surface area contributed by atoms with Crippen molar-refractivity contribution in [2.45, 2.75) is 24.5 Å². The lowest BCUT2D eigenvalue weighted by molar-refractivity contribution is -0.0740. The Hall–Kier alpha value is -2.81. The highest BCUT2D eigenvalue weighted by molar-refractivity contribution is 6.30. The number of hydrogen-bond acceptors (Lipinski definition) is 4. The Morgan fingerprint density at radius 2 is 2.06 bits per heavy atom. The summed E-state index contributed by atoms with van der Waals surface area (Å²) in [7, 11) is 0. The number of nitrogens with zero attached hydrogens (tertiary/aromatic N) is 3. The summed E-state index contributed by atoms with van der Waals surface area (Å²) in [4.78, 5) is 17.0. The lowest BCUT2D eigenvalue weighted by Crippen LogP contribution is -2.60. The van der Waals surface area contributed by atoms with Gasteiger partial charge in [-0.25, -0.2) is 8.78 Å². The van der Waals surface area contributed by atoms with Gasteiger partial charge < -0.3 is 10.0 Å². The smallest absolute Gasteiger partial charge is 0.256 e. The second-order valence-corrected chi connectivity index (χ2v) is 9.12. The lowest BCUT2D eigenvalue weighted by Gasteiger charge is -2.49. The number of fused-ring (bicyclic) bond motifs is 1. The fourth-order valence-corrected chi connectivity index (χ4v) is 5.06. The van der Waals surface area contributed by atoms with Gasteiger partial charge in [0.05, 0.1) is 16.3 Å². The zero-order valence-electron chi connectivity index (χ0n) is 17.8. The van der Waals surface area contributed by atoms with Crippen LogP contribution >= 0.6 is 11.6 Å². The molecule has 2 fully saturated rings. The minimum atomic E-state index is -1.13. The third-order valence-corrected chi connectivity index (χ3v) is 7.01. The molecule has 6 nitrogen and oxygen atoms in total. The average molecular weight is 473 g/mol. The number of carbonyl (C=O) groups excluding carboxylic acids is 1. The number of carbonyl (C=O) groups is 1. The van der Waals surface area contributed by atoms with Gasteiger partial charge in [0.1, 0.15) is 17.2 Å². The largest absolute Gasteiger partial charge is 0.384 e. The van der Waals surface area contributed by atoms with E-state index in [2.05, 4.69) is 15.1 Å². The molecule has 2 aromatic carbocycles. The molecule has 0 radical (unpaired) electrons. The first kappa shape index (κ1) is 22.0. The Morgan fingerprint density at radius 3 is 2.82 bits per heavy atom. The van der Waals surface area contributed by atoms with E-state index in [1.54, 1.807) is 29.2 Å². The van der Waals surface area contributed by atoms with Crippen LogP contribution in [-0.2, 0) is 5.60 Å². The van der Waals surface area contributed by atoms with Crippen LogP contribution in [0, 0.1) is 11.6 Å². The van der Waals surface area contributed by atoms with Crippen LogP contribution in [0.2, 0.25) is 5.02 Å². The number of hydrogen-bond donors (Lipinski definition) is 2. The number of piperazine rings is 1. The molecule has 33 heavy (non-hydrogen) atoms. The predicted molar refractivity (Wildman–Crippen MR) is 120 cm³/mol. The van der Waals surface area contributed by atoms with Gasteiger partial charge in [0, 0.05) is 44.0 Å². The molecule has 0 bridgehead atoms. The van der Waals surface area contributed by atoms with Crippen molar-refractivity contribution in [1.29, 1.82) is 0 Å². The maximum Gasteiger partial charge on any atom is 0.256 e. The van der Waals surface area contributed by atoms with Crippen LogP contribution in [-0.4, -0.2) is 63.2 Å². The summed E-state index contributed by atoms with van der Waals surface area (Å²) >= 11 is 5.92. The highest BCUT2D eigenvalue weighted by Gasteiger charge is 2.42. The topological polar surface area (TPSA) is 72.5 Å². The molecular weight excluding hydrogens is 450 g/mol. The quantitative estimate of drug-likeness (QED) is 0.608. The Morgan fingerprint density at radius 1 is 1.21 bits per heavy atom. The van der Waals surface area contributed by atoms with E-state index in [1.165, 1.54) is 24.4 Å². The second kappa shape index (κ2) is 8.52. The summed E-state index contributed by atoms with van der Waals surface area (Å²) in [5.41, 5.74) is 0.300. The minimum Gasteiger partial charge on any atom is -0.384 e. The molecule has 3 heterocycles. The lowest BCUT2D eigenvalue weighted by atomic mass is 9.82. The first-order valence-electron chi connectivity index (χ1n) is 10.9.